The van der Waals surface area contributed by atoms with E-state index in [1.807, 2.05) is 0 Å². The van der Waals surface area contributed by atoms with E-state index >= 15 is 0 Å². The first-order valence-corrected chi connectivity index (χ1v) is 7.40. The minimum atomic E-state index is -1.43. The van der Waals surface area contributed by atoms with Crippen LogP contribution in [0.1, 0.15) is 44.1 Å². The average molecular weight is 275 g/mol. The molecule has 107 valence electrons. The van der Waals surface area contributed by atoms with Crippen LogP contribution >= 0.6 is 0 Å². The molecule has 0 aliphatic heterocycles. The van der Waals surface area contributed by atoms with E-state index in [0.29, 0.717) is 6.42 Å². The maximum absolute atomic E-state index is 11.9. The lowest BCUT2D eigenvalue weighted by molar-refractivity contribution is 0.264. The monoisotopic (exact) mass is 275 g/mol. The summed E-state index contributed by atoms with van der Waals surface area (Å²) in [5.41, 5.74) is 1.37. The molecule has 0 spiro atoms. The molecule has 0 heterocycles. The molecule has 0 aliphatic carbocycles. The highest BCUT2D eigenvalue weighted by Gasteiger charge is 2.03. The molecule has 0 unspecified atom stereocenters. The lowest BCUT2D eigenvalue weighted by Gasteiger charge is -2.04. The predicted octanol–water partition coefficient (Wildman–Crippen LogP) is 6.15. The Kier molecular flexibility index (Phi) is 5.97. The first-order chi connectivity index (χ1) is 9.75. The van der Waals surface area contributed by atoms with E-state index in [4.69, 9.17) is 0 Å². The van der Waals surface area contributed by atoms with E-state index < -0.39 is 6.43 Å². The molecule has 2 rings (SSSR count). The Balaban J connectivity index is 1.68. The van der Waals surface area contributed by atoms with Crippen LogP contribution in [0.2, 0.25) is 0 Å². The highest BCUT2D eigenvalue weighted by molar-refractivity contribution is 5.82. The van der Waals surface area contributed by atoms with Crippen molar-refractivity contribution in [3.8, 4) is 0 Å². The summed E-state index contributed by atoms with van der Waals surface area (Å²) in [6, 6.07) is 15.0. The van der Waals surface area contributed by atoms with Crippen LogP contribution in [0.15, 0.2) is 42.5 Å². The molecular weight excluding hydrogens is 254 g/mol. The molecule has 0 saturated carbocycles. The second-order valence-electron chi connectivity index (χ2n) is 5.29. The van der Waals surface area contributed by atoms with E-state index in [-0.39, 0.29) is 6.42 Å². The van der Waals surface area contributed by atoms with Gasteiger partial charge in [0.15, 0.2) is 0 Å². The van der Waals surface area contributed by atoms with Crippen molar-refractivity contribution in [3.05, 3.63) is 54.5 Å². The third-order valence-electron chi connectivity index (χ3n) is 3.65. The summed E-state index contributed by atoms with van der Waals surface area (Å²) in [5, 5.41) is 2.57. The minimum Gasteiger partial charge on any atom is -0.200 e. The highest BCUT2D eigenvalue weighted by Crippen LogP contribution is 2.18. The molecule has 0 atom stereocenters. The van der Waals surface area contributed by atoms with E-state index in [2.05, 4.69) is 42.5 Å². The molecule has 2 aromatic rings. The van der Waals surface area contributed by atoms with Crippen molar-refractivity contribution in [2.24, 2.45) is 0 Å². The van der Waals surface area contributed by atoms with Gasteiger partial charge < -0.3 is 0 Å². The molecule has 1 radical (unpaired) electrons. The summed E-state index contributed by atoms with van der Waals surface area (Å²) in [5.74, 6) is 0. The maximum Gasteiger partial charge on any atom is 0.310 e. The summed E-state index contributed by atoms with van der Waals surface area (Å²) >= 11 is 0. The highest BCUT2D eigenvalue weighted by atomic mass is 19.3. The Morgan fingerprint density at radius 2 is 1.45 bits per heavy atom. The molecule has 0 aromatic heterocycles. The second-order valence-corrected chi connectivity index (χ2v) is 5.29. The number of hydrogen-bond acceptors (Lipinski definition) is 0. The summed E-state index contributed by atoms with van der Waals surface area (Å²) in [6.45, 7) is 0. The summed E-state index contributed by atoms with van der Waals surface area (Å²) < 4.78 is 23.8. The van der Waals surface area contributed by atoms with E-state index in [9.17, 15) is 8.78 Å². The van der Waals surface area contributed by atoms with Gasteiger partial charge in [-0.2, -0.15) is 8.78 Å². The largest absolute Gasteiger partial charge is 0.310 e. The first-order valence-electron chi connectivity index (χ1n) is 7.40. The van der Waals surface area contributed by atoms with Gasteiger partial charge in [0.25, 0.3) is 0 Å². The van der Waals surface area contributed by atoms with Crippen molar-refractivity contribution in [1.82, 2.24) is 0 Å². The smallest absolute Gasteiger partial charge is 0.200 e. The van der Waals surface area contributed by atoms with Gasteiger partial charge in [0.05, 0.1) is 0 Å². The van der Waals surface area contributed by atoms with Gasteiger partial charge in [-0.15, -0.1) is 0 Å². The predicted molar refractivity (Wildman–Crippen MR) is 80.8 cm³/mol. The van der Waals surface area contributed by atoms with Crippen LogP contribution in [0.25, 0.3) is 10.8 Å². The third-order valence-corrected chi connectivity index (χ3v) is 3.65. The van der Waals surface area contributed by atoms with Crippen molar-refractivity contribution < 1.29 is 8.78 Å². The van der Waals surface area contributed by atoms with Crippen molar-refractivity contribution in [1.29, 1.82) is 0 Å². The van der Waals surface area contributed by atoms with Crippen LogP contribution in [0.4, 0.5) is 8.78 Å². The van der Waals surface area contributed by atoms with Crippen molar-refractivity contribution in [3.63, 3.8) is 0 Å². The Morgan fingerprint density at radius 1 is 0.750 bits per heavy atom. The fourth-order valence-corrected chi connectivity index (χ4v) is 2.51. The lowest BCUT2D eigenvalue weighted by atomic mass is 10.0. The third kappa shape index (κ3) is 4.92. The SMILES string of the molecule is F[C](F)CCCCCCCc1ccc2ccccc2c1. The average Bonchev–Trinajstić information content (AvgIpc) is 2.46. The number of hydrogen-bond donors (Lipinski definition) is 0. The van der Waals surface area contributed by atoms with E-state index in [0.717, 1.165) is 32.1 Å². The van der Waals surface area contributed by atoms with Gasteiger partial charge in [-0.3, -0.25) is 0 Å². The zero-order chi connectivity index (χ0) is 14.2. The minimum absolute atomic E-state index is 0.0231. The quantitative estimate of drug-likeness (QED) is 0.507. The van der Waals surface area contributed by atoms with Crippen molar-refractivity contribution in [2.75, 3.05) is 0 Å². The lowest BCUT2D eigenvalue weighted by Crippen LogP contribution is -1.87. The first kappa shape index (κ1) is 15.0. The zero-order valence-corrected chi connectivity index (χ0v) is 11.7. The normalized spacial score (nSPS) is 11.3. The Labute approximate surface area is 119 Å². The number of halogens is 2. The van der Waals surface area contributed by atoms with Crippen molar-refractivity contribution >= 4 is 10.8 Å². The fraction of sp³-hybridized carbons (Fsp3) is 0.389. The molecule has 2 aromatic carbocycles. The molecule has 0 aliphatic rings. The zero-order valence-electron chi connectivity index (χ0n) is 11.7. The maximum atomic E-state index is 11.9. The van der Waals surface area contributed by atoms with E-state index in [1.165, 1.54) is 16.3 Å². The van der Waals surface area contributed by atoms with Gasteiger partial charge in [0.1, 0.15) is 0 Å². The van der Waals surface area contributed by atoms with Crippen LogP contribution < -0.4 is 0 Å². The fourth-order valence-electron chi connectivity index (χ4n) is 2.51. The Hall–Kier alpha value is -1.44. The molecule has 20 heavy (non-hydrogen) atoms. The molecule has 2 heteroatoms. The van der Waals surface area contributed by atoms with Gasteiger partial charge >= 0.3 is 6.43 Å². The van der Waals surface area contributed by atoms with Crippen LogP contribution in [0.3, 0.4) is 0 Å². The number of aryl methyl sites for hydroxylation is 1. The van der Waals surface area contributed by atoms with Gasteiger partial charge in [0, 0.05) is 6.42 Å². The van der Waals surface area contributed by atoms with Gasteiger partial charge in [0.2, 0.25) is 0 Å². The second kappa shape index (κ2) is 7.98. The topological polar surface area (TPSA) is 0 Å². The molecule has 0 amide bonds. The molecular formula is C18H21F2. The van der Waals surface area contributed by atoms with Gasteiger partial charge in [-0.05, 0) is 35.6 Å². The molecule has 0 nitrogen and oxygen atoms in total. The summed E-state index contributed by atoms with van der Waals surface area (Å²) in [7, 11) is 0. The molecule has 0 bridgehead atoms. The van der Waals surface area contributed by atoms with Crippen LogP contribution in [0.5, 0.6) is 0 Å². The Morgan fingerprint density at radius 3 is 2.25 bits per heavy atom. The standard InChI is InChI=1S/C18H21F2/c19-18(20)11-5-3-1-2-4-8-15-12-13-16-9-6-7-10-17(16)14-15/h6-7,9-10,12-14H,1-5,8,11H2. The van der Waals surface area contributed by atoms with Crippen LogP contribution in [0, 0.1) is 6.43 Å². The number of rotatable bonds is 8. The Bertz CT molecular complexity index is 520. The molecule has 0 N–H and O–H groups in total. The van der Waals surface area contributed by atoms with Crippen LogP contribution in [-0.2, 0) is 6.42 Å². The number of fused-ring (bicyclic) bond motifs is 1. The summed E-state index contributed by atoms with van der Waals surface area (Å²) in [6.07, 6.45) is 4.48. The van der Waals surface area contributed by atoms with Gasteiger partial charge in [-0.25, -0.2) is 0 Å². The van der Waals surface area contributed by atoms with Crippen molar-refractivity contribution in [2.45, 2.75) is 44.9 Å². The van der Waals surface area contributed by atoms with Gasteiger partial charge in [-0.1, -0.05) is 61.7 Å². The van der Waals surface area contributed by atoms with Crippen LogP contribution in [-0.4, -0.2) is 0 Å². The van der Waals surface area contributed by atoms with E-state index in [1.54, 1.807) is 0 Å². The molecule has 0 saturated heterocycles. The summed E-state index contributed by atoms with van der Waals surface area (Å²) in [4.78, 5) is 0. The number of unbranched alkanes of at least 4 members (excludes halogenated alkanes) is 4. The molecule has 0 fully saturated rings. The number of benzene rings is 2.